The number of fused-ring (bicyclic) bond motifs is 9. The smallest absolute Gasteiger partial charge is 0.124 e. The number of anilines is 6. The van der Waals surface area contributed by atoms with Crippen LogP contribution in [0, 0.1) is 0 Å². The summed E-state index contributed by atoms with van der Waals surface area (Å²) in [4.78, 5) is 10.00. The van der Waals surface area contributed by atoms with Gasteiger partial charge in [0.2, 0.25) is 0 Å². The summed E-state index contributed by atoms with van der Waals surface area (Å²) >= 11 is 1.77. The average molecular weight is 811 g/mol. The molecule has 4 nitrogen and oxygen atoms in total. The Kier molecular flexibility index (Phi) is 8.65. The van der Waals surface area contributed by atoms with Crippen LogP contribution in [-0.2, 0) is 0 Å². The second-order valence-corrected chi connectivity index (χ2v) is 16.6. The topological polar surface area (TPSA) is 24.3 Å². The van der Waals surface area contributed by atoms with Crippen LogP contribution in [0.3, 0.4) is 0 Å². The molecule has 0 saturated heterocycles. The summed E-state index contributed by atoms with van der Waals surface area (Å²) in [5.41, 5.74) is 12.1. The van der Waals surface area contributed by atoms with Crippen LogP contribution in [0.25, 0.3) is 69.8 Å². The monoisotopic (exact) mass is 810 g/mol. The highest BCUT2D eigenvalue weighted by molar-refractivity contribution is 7.22. The van der Waals surface area contributed by atoms with Gasteiger partial charge in [-0.25, -0.2) is 4.98 Å². The molecule has 0 unspecified atom stereocenters. The fourth-order valence-corrected chi connectivity index (χ4v) is 10.3. The molecule has 0 spiro atoms. The summed E-state index contributed by atoms with van der Waals surface area (Å²) in [6.45, 7) is 0. The highest BCUT2D eigenvalue weighted by Gasteiger charge is 2.20. The van der Waals surface area contributed by atoms with Gasteiger partial charge in [0.05, 0.1) is 21.3 Å². The molecular formula is C57H38N4S. The summed E-state index contributed by atoms with van der Waals surface area (Å²) in [6.07, 6.45) is 0. The van der Waals surface area contributed by atoms with Crippen molar-refractivity contribution in [2.75, 3.05) is 9.80 Å². The number of hydrogen-bond donors (Lipinski definition) is 0. The first kappa shape index (κ1) is 35.9. The Hall–Kier alpha value is -7.99. The molecule has 0 N–H and O–H groups in total. The third-order valence-electron chi connectivity index (χ3n) is 11.9. The van der Waals surface area contributed by atoms with Gasteiger partial charge in [-0.2, -0.15) is 0 Å². The Balaban J connectivity index is 0.968. The van der Waals surface area contributed by atoms with Gasteiger partial charge in [0.15, 0.2) is 0 Å². The summed E-state index contributed by atoms with van der Waals surface area (Å²) in [7, 11) is 0. The molecule has 0 aliphatic carbocycles. The first-order chi connectivity index (χ1) is 30.8. The number of aromatic nitrogens is 2. The second-order valence-electron chi connectivity index (χ2n) is 15.6. The van der Waals surface area contributed by atoms with Crippen molar-refractivity contribution in [1.29, 1.82) is 0 Å². The molecule has 0 fully saturated rings. The van der Waals surface area contributed by atoms with E-state index < -0.39 is 0 Å². The van der Waals surface area contributed by atoms with Gasteiger partial charge < -0.3 is 14.4 Å². The van der Waals surface area contributed by atoms with Gasteiger partial charge in [-0.15, -0.1) is 11.3 Å². The van der Waals surface area contributed by atoms with E-state index in [1.54, 1.807) is 11.3 Å². The maximum atomic E-state index is 5.29. The second kappa shape index (κ2) is 14.9. The minimum absolute atomic E-state index is 1.02. The van der Waals surface area contributed by atoms with E-state index in [0.29, 0.717) is 0 Å². The van der Waals surface area contributed by atoms with Crippen molar-refractivity contribution in [1.82, 2.24) is 9.55 Å². The first-order valence-corrected chi connectivity index (χ1v) is 21.8. The molecule has 12 rings (SSSR count). The molecule has 2 aromatic heterocycles. The van der Waals surface area contributed by atoms with Gasteiger partial charge >= 0.3 is 0 Å². The van der Waals surface area contributed by atoms with Gasteiger partial charge in [0.25, 0.3) is 0 Å². The maximum absolute atomic E-state index is 5.29. The molecule has 0 aliphatic heterocycles. The van der Waals surface area contributed by atoms with Crippen molar-refractivity contribution in [2.45, 2.75) is 0 Å². The first-order valence-electron chi connectivity index (χ1n) is 21.0. The minimum Gasteiger partial charge on any atom is -0.310 e. The van der Waals surface area contributed by atoms with E-state index in [0.717, 1.165) is 55.9 Å². The maximum Gasteiger partial charge on any atom is 0.124 e. The Morgan fingerprint density at radius 3 is 1.48 bits per heavy atom. The van der Waals surface area contributed by atoms with Crippen LogP contribution >= 0.6 is 11.3 Å². The SMILES string of the molecule is c1ccc(N(c2ccc(-c3nc4c5ccccc5c5ccccc5c4s3)cc2)c2cccc(N(c3ccccc3)c3ccc4c(c3)c3ccccc3n4-c3ccccc3)c2)cc1. The molecule has 292 valence electrons. The van der Waals surface area contributed by atoms with Gasteiger partial charge in [-0.1, -0.05) is 127 Å². The number of nitrogens with zero attached hydrogens (tertiary/aromatic N) is 4. The minimum atomic E-state index is 1.02. The van der Waals surface area contributed by atoms with E-state index in [1.807, 2.05) is 0 Å². The lowest BCUT2D eigenvalue weighted by molar-refractivity contribution is 1.18. The van der Waals surface area contributed by atoms with Gasteiger partial charge in [-0.3, -0.25) is 0 Å². The van der Waals surface area contributed by atoms with Crippen LogP contribution < -0.4 is 9.80 Å². The molecule has 0 bridgehead atoms. The number of benzene rings is 10. The van der Waals surface area contributed by atoms with Crippen molar-refractivity contribution in [3.05, 3.63) is 231 Å². The molecule has 0 aliphatic rings. The van der Waals surface area contributed by atoms with Crippen LogP contribution in [0.5, 0.6) is 0 Å². The van der Waals surface area contributed by atoms with Gasteiger partial charge in [0.1, 0.15) is 5.01 Å². The van der Waals surface area contributed by atoms with Crippen LogP contribution in [0.2, 0.25) is 0 Å². The van der Waals surface area contributed by atoms with E-state index in [9.17, 15) is 0 Å². The molecule has 0 saturated carbocycles. The zero-order valence-corrected chi connectivity index (χ0v) is 34.5. The summed E-state index contributed by atoms with van der Waals surface area (Å²) in [5, 5.41) is 8.40. The number of hydrogen-bond acceptors (Lipinski definition) is 4. The standard InChI is InChI=1S/C57H38N4S/c1-4-17-40(18-5-1)59(43-33-31-39(32-34-43)57-58-55-50-28-12-10-25-47(50)48-26-11-13-29-51(48)56(55)62-57)44-23-16-24-45(37-44)60(41-19-6-2-7-20-41)46-35-36-54-52(38-46)49-27-14-15-30-53(49)61(54)42-21-8-3-9-22-42/h1-38H. The third kappa shape index (κ3) is 6.01. The molecule has 5 heteroatoms. The molecule has 0 atom stereocenters. The van der Waals surface area contributed by atoms with E-state index in [1.165, 1.54) is 48.1 Å². The van der Waals surface area contributed by atoms with E-state index in [-0.39, 0.29) is 0 Å². The number of para-hydroxylation sites is 4. The Labute approximate surface area is 363 Å². The lowest BCUT2D eigenvalue weighted by atomic mass is 10.0. The molecule has 2 heterocycles. The highest BCUT2D eigenvalue weighted by atomic mass is 32.1. The predicted octanol–water partition coefficient (Wildman–Crippen LogP) is 16.3. The van der Waals surface area contributed by atoms with E-state index in [4.69, 9.17) is 4.98 Å². The zero-order chi connectivity index (χ0) is 41.0. The fourth-order valence-electron chi connectivity index (χ4n) is 9.18. The normalized spacial score (nSPS) is 11.5. The van der Waals surface area contributed by atoms with Crippen molar-refractivity contribution in [3.63, 3.8) is 0 Å². The quantitative estimate of drug-likeness (QED) is 0.143. The molecule has 0 radical (unpaired) electrons. The molecule has 10 aromatic carbocycles. The van der Waals surface area contributed by atoms with Crippen LogP contribution in [0.15, 0.2) is 231 Å². The molecule has 62 heavy (non-hydrogen) atoms. The number of rotatable bonds is 8. The summed E-state index contributed by atoms with van der Waals surface area (Å²) < 4.78 is 3.59. The Morgan fingerprint density at radius 2 is 0.806 bits per heavy atom. The van der Waals surface area contributed by atoms with Gasteiger partial charge in [-0.05, 0) is 114 Å². The average Bonchev–Trinajstić information content (AvgIpc) is 3.94. The van der Waals surface area contributed by atoms with Crippen molar-refractivity contribution in [2.24, 2.45) is 0 Å². The van der Waals surface area contributed by atoms with E-state index >= 15 is 0 Å². The summed E-state index contributed by atoms with van der Waals surface area (Å²) in [6, 6.07) is 82.6. The Morgan fingerprint density at radius 1 is 0.339 bits per heavy atom. The zero-order valence-electron chi connectivity index (χ0n) is 33.6. The lowest BCUT2D eigenvalue weighted by Gasteiger charge is -2.29. The summed E-state index contributed by atoms with van der Waals surface area (Å²) in [5.74, 6) is 0. The van der Waals surface area contributed by atoms with Crippen LogP contribution in [0.4, 0.5) is 34.1 Å². The van der Waals surface area contributed by atoms with Crippen molar-refractivity contribution in [3.8, 4) is 16.3 Å². The van der Waals surface area contributed by atoms with Crippen molar-refractivity contribution >= 4 is 99.0 Å². The Bertz CT molecular complexity index is 3500. The molecular weight excluding hydrogens is 773 g/mol. The largest absolute Gasteiger partial charge is 0.310 e. The van der Waals surface area contributed by atoms with Gasteiger partial charge in [0, 0.05) is 66.9 Å². The molecule has 0 amide bonds. The molecule has 12 aromatic rings. The van der Waals surface area contributed by atoms with E-state index in [2.05, 4.69) is 245 Å². The third-order valence-corrected chi connectivity index (χ3v) is 13.1. The predicted molar refractivity (Wildman–Crippen MR) is 264 cm³/mol. The van der Waals surface area contributed by atoms with Crippen LogP contribution in [0.1, 0.15) is 0 Å². The number of thiazole rings is 1. The fraction of sp³-hybridized carbons (Fsp3) is 0. The van der Waals surface area contributed by atoms with Crippen molar-refractivity contribution < 1.29 is 0 Å². The highest BCUT2D eigenvalue weighted by Crippen LogP contribution is 2.44. The lowest BCUT2D eigenvalue weighted by Crippen LogP contribution is -2.13. The van der Waals surface area contributed by atoms with Crippen LogP contribution in [-0.4, -0.2) is 9.55 Å².